The second-order valence-corrected chi connectivity index (χ2v) is 10.8. The molecule has 0 unspecified atom stereocenters. The normalized spacial score (nSPS) is 13.7. The van der Waals surface area contributed by atoms with Gasteiger partial charge in [0.2, 0.25) is 0 Å². The Bertz CT molecular complexity index is 2780. The maximum atomic E-state index is 9.68. The van der Waals surface area contributed by atoms with Crippen molar-refractivity contribution < 1.29 is 12.6 Å². The molecule has 0 atom stereocenters. The largest absolute Gasteiger partial charge is 0.455 e. The van der Waals surface area contributed by atoms with Gasteiger partial charge in [-0.2, -0.15) is 0 Å². The molecular formula is C42H26O. The highest BCUT2D eigenvalue weighted by molar-refractivity contribution is 6.26. The minimum atomic E-state index is -0.396. The van der Waals surface area contributed by atoms with Crippen molar-refractivity contribution in [1.82, 2.24) is 0 Å². The Hall–Kier alpha value is -5.66. The topological polar surface area (TPSA) is 13.1 Å². The van der Waals surface area contributed by atoms with Crippen LogP contribution in [0.2, 0.25) is 0 Å². The molecule has 9 aromatic rings. The van der Waals surface area contributed by atoms with E-state index >= 15 is 0 Å². The lowest BCUT2D eigenvalue weighted by Crippen LogP contribution is -1.92. The van der Waals surface area contributed by atoms with E-state index in [9.17, 15) is 2.74 Å². The van der Waals surface area contributed by atoms with Crippen LogP contribution in [0, 0.1) is 0 Å². The van der Waals surface area contributed by atoms with Crippen molar-refractivity contribution in [1.29, 1.82) is 0 Å². The molecule has 1 nitrogen and oxygen atoms in total. The Morgan fingerprint density at radius 1 is 0.442 bits per heavy atom. The zero-order valence-electron chi connectivity index (χ0n) is 29.0. The van der Waals surface area contributed by atoms with Gasteiger partial charge in [0.1, 0.15) is 11.2 Å². The van der Waals surface area contributed by atoms with Crippen molar-refractivity contribution in [2.45, 2.75) is 0 Å². The zero-order valence-corrected chi connectivity index (χ0v) is 23.0. The molecular weight excluding hydrogens is 520 g/mol. The lowest BCUT2D eigenvalue weighted by atomic mass is 9.84. The van der Waals surface area contributed by atoms with E-state index in [0.29, 0.717) is 27.6 Å². The predicted octanol–water partition coefficient (Wildman–Crippen LogP) is 12.0. The van der Waals surface area contributed by atoms with Crippen LogP contribution < -0.4 is 0 Å². The quantitative estimate of drug-likeness (QED) is 0.199. The van der Waals surface area contributed by atoms with Gasteiger partial charge in [0.25, 0.3) is 0 Å². The fourth-order valence-corrected chi connectivity index (χ4v) is 6.53. The molecule has 8 aromatic carbocycles. The molecule has 0 aliphatic heterocycles. The predicted molar refractivity (Wildman–Crippen MR) is 183 cm³/mol. The number of benzene rings is 8. The molecule has 1 heterocycles. The van der Waals surface area contributed by atoms with E-state index in [0.717, 1.165) is 43.4 Å². The first-order valence-electron chi connectivity index (χ1n) is 17.3. The van der Waals surface area contributed by atoms with Crippen LogP contribution in [0.15, 0.2) is 162 Å². The van der Waals surface area contributed by atoms with E-state index < -0.39 is 6.04 Å². The van der Waals surface area contributed by atoms with Crippen LogP contribution in [0.5, 0.6) is 0 Å². The molecule has 0 aliphatic rings. The first kappa shape index (κ1) is 18.7. The standard InChI is InChI=1S/C42H26O/c1-2-13-28(14-3-1)31-24-25-37(41-36-20-10-11-21-38(36)43-42(31)41)40-34-18-8-6-16-32(34)39(33-17-7-9-19-35(33)40)30-23-22-27-12-4-5-15-29(27)26-30/h1-26H/i10D,11D,20D,21D,24D,25D. The summed E-state index contributed by atoms with van der Waals surface area (Å²) in [7, 11) is 0. The molecule has 0 saturated carbocycles. The van der Waals surface area contributed by atoms with Gasteiger partial charge in [-0.1, -0.05) is 139 Å². The first-order valence-corrected chi connectivity index (χ1v) is 14.3. The van der Waals surface area contributed by atoms with Gasteiger partial charge in [-0.05, 0) is 78.3 Å². The van der Waals surface area contributed by atoms with Crippen LogP contribution >= 0.6 is 0 Å². The van der Waals surface area contributed by atoms with Gasteiger partial charge in [0, 0.05) is 16.3 Å². The minimum absolute atomic E-state index is 0.00539. The van der Waals surface area contributed by atoms with Gasteiger partial charge in [0.05, 0.1) is 8.22 Å². The smallest absolute Gasteiger partial charge is 0.143 e. The average Bonchev–Trinajstić information content (AvgIpc) is 3.53. The molecule has 9 rings (SSSR count). The van der Waals surface area contributed by atoms with Crippen molar-refractivity contribution in [3.8, 4) is 33.4 Å². The summed E-state index contributed by atoms with van der Waals surface area (Å²) < 4.78 is 60.4. The lowest BCUT2D eigenvalue weighted by molar-refractivity contribution is 0.670. The number of rotatable bonds is 3. The maximum Gasteiger partial charge on any atom is 0.143 e. The molecule has 0 fully saturated rings. The van der Waals surface area contributed by atoms with Gasteiger partial charge in [0.15, 0.2) is 0 Å². The number of hydrogen-bond acceptors (Lipinski definition) is 1. The average molecular weight is 553 g/mol. The Morgan fingerprint density at radius 2 is 1.05 bits per heavy atom. The molecule has 200 valence electrons. The van der Waals surface area contributed by atoms with Crippen LogP contribution in [0.3, 0.4) is 0 Å². The van der Waals surface area contributed by atoms with Crippen molar-refractivity contribution in [2.75, 3.05) is 0 Å². The molecule has 1 aromatic heterocycles. The van der Waals surface area contributed by atoms with Crippen LogP contribution in [-0.4, -0.2) is 0 Å². The second kappa shape index (κ2) is 9.44. The molecule has 0 saturated heterocycles. The summed E-state index contributed by atoms with van der Waals surface area (Å²) in [5.74, 6) is 0. The van der Waals surface area contributed by atoms with E-state index in [4.69, 9.17) is 9.90 Å². The highest BCUT2D eigenvalue weighted by Crippen LogP contribution is 2.48. The molecule has 0 spiro atoms. The van der Waals surface area contributed by atoms with E-state index in [2.05, 4.69) is 42.5 Å². The maximum absolute atomic E-state index is 9.68. The van der Waals surface area contributed by atoms with Crippen LogP contribution in [0.1, 0.15) is 8.22 Å². The molecule has 43 heavy (non-hydrogen) atoms. The third kappa shape index (κ3) is 3.65. The third-order valence-corrected chi connectivity index (χ3v) is 8.41. The number of hydrogen-bond donors (Lipinski definition) is 0. The summed E-state index contributed by atoms with van der Waals surface area (Å²) in [5.41, 5.74) is 4.52. The summed E-state index contributed by atoms with van der Waals surface area (Å²) in [6.45, 7) is 0. The summed E-state index contributed by atoms with van der Waals surface area (Å²) in [5, 5.41) is 6.53. The van der Waals surface area contributed by atoms with Gasteiger partial charge >= 0.3 is 0 Å². The van der Waals surface area contributed by atoms with Crippen molar-refractivity contribution in [2.24, 2.45) is 0 Å². The summed E-state index contributed by atoms with van der Waals surface area (Å²) in [4.78, 5) is 0. The van der Waals surface area contributed by atoms with E-state index in [1.807, 2.05) is 78.9 Å². The molecule has 0 bridgehead atoms. The second-order valence-electron chi connectivity index (χ2n) is 10.8. The summed E-state index contributed by atoms with van der Waals surface area (Å²) in [6, 6.07) is 38.7. The molecule has 0 radical (unpaired) electrons. The Morgan fingerprint density at radius 3 is 1.79 bits per heavy atom. The number of fused-ring (bicyclic) bond motifs is 6. The molecule has 0 amide bonds. The summed E-state index contributed by atoms with van der Waals surface area (Å²) >= 11 is 0. The van der Waals surface area contributed by atoms with E-state index in [1.54, 1.807) is 0 Å². The Balaban J connectivity index is 1.51. The fraction of sp³-hybridized carbons (Fsp3) is 0. The van der Waals surface area contributed by atoms with Gasteiger partial charge in [-0.3, -0.25) is 0 Å². The monoisotopic (exact) mass is 552 g/mol. The van der Waals surface area contributed by atoms with E-state index in [-0.39, 0.29) is 46.8 Å². The van der Waals surface area contributed by atoms with Gasteiger partial charge in [-0.15, -0.1) is 0 Å². The Labute approximate surface area is 257 Å². The molecule has 1 heteroatoms. The van der Waals surface area contributed by atoms with Crippen molar-refractivity contribution in [3.63, 3.8) is 0 Å². The number of furan rings is 1. The minimum Gasteiger partial charge on any atom is -0.455 e. The number of para-hydroxylation sites is 1. The SMILES string of the molecule is [2H]c1c([2H])c([2H])c2c(oc3c(-c4ccccc4)c([2H])c([2H])c(-c4c5ccccc5c(-c5ccc6ccccc6c5)c5ccccc45)c32)c1[2H]. The van der Waals surface area contributed by atoms with Crippen LogP contribution in [0.4, 0.5) is 0 Å². The molecule has 0 aliphatic carbocycles. The summed E-state index contributed by atoms with van der Waals surface area (Å²) in [6.07, 6.45) is 0. The third-order valence-electron chi connectivity index (χ3n) is 8.41. The highest BCUT2D eigenvalue weighted by atomic mass is 16.3. The highest BCUT2D eigenvalue weighted by Gasteiger charge is 2.22. The first-order chi connectivity index (χ1) is 23.8. The fourth-order valence-electron chi connectivity index (χ4n) is 6.53. The van der Waals surface area contributed by atoms with Crippen LogP contribution in [-0.2, 0) is 0 Å². The Kier molecular flexibility index (Phi) is 4.11. The lowest BCUT2D eigenvalue weighted by Gasteiger charge is -2.19. The van der Waals surface area contributed by atoms with Crippen molar-refractivity contribution >= 4 is 54.3 Å². The van der Waals surface area contributed by atoms with Crippen LogP contribution in [0.25, 0.3) is 87.6 Å². The van der Waals surface area contributed by atoms with Gasteiger partial charge in [-0.25, -0.2) is 0 Å². The molecule has 0 N–H and O–H groups in total. The van der Waals surface area contributed by atoms with E-state index in [1.165, 1.54) is 0 Å². The zero-order chi connectivity index (χ0) is 33.6. The van der Waals surface area contributed by atoms with Crippen molar-refractivity contribution in [3.05, 3.63) is 158 Å². The van der Waals surface area contributed by atoms with Gasteiger partial charge < -0.3 is 4.42 Å².